The maximum Gasteiger partial charge on any atom is 0.101 e. The van der Waals surface area contributed by atoms with Gasteiger partial charge in [-0.2, -0.15) is 0 Å². The molecule has 0 bridgehead atoms. The van der Waals surface area contributed by atoms with Gasteiger partial charge in [-0.1, -0.05) is 8.41 Å². The van der Waals surface area contributed by atoms with Gasteiger partial charge in [-0.05, 0) is 0 Å². The van der Waals surface area contributed by atoms with Gasteiger partial charge in [-0.25, -0.2) is 0 Å². The molecule has 0 spiro atoms. The van der Waals surface area contributed by atoms with E-state index in [9.17, 15) is 0 Å². The van der Waals surface area contributed by atoms with Gasteiger partial charge in [0.2, 0.25) is 0 Å². The van der Waals surface area contributed by atoms with Crippen molar-refractivity contribution in [2.24, 2.45) is 0 Å². The molecule has 0 aromatic carbocycles. The van der Waals surface area contributed by atoms with Crippen LogP contribution in [0.3, 0.4) is 0 Å². The molecule has 0 amide bonds. The first-order chi connectivity index (χ1) is 3.06. The summed E-state index contributed by atoms with van der Waals surface area (Å²) in [4.78, 5) is 0. The second-order valence-corrected chi connectivity index (χ2v) is 2.74. The van der Waals surface area contributed by atoms with Gasteiger partial charge in [0, 0.05) is 0 Å². The van der Waals surface area contributed by atoms with Gasteiger partial charge in [-0.15, -0.1) is 0 Å². The van der Waals surface area contributed by atoms with Crippen molar-refractivity contribution in [3.05, 3.63) is 0 Å². The number of aliphatic hydroxyl groups excluding tert-OH is 1. The average molecular weight is 119 g/mol. The van der Waals surface area contributed by atoms with Crippen LogP contribution in [0.4, 0.5) is 0 Å². The van der Waals surface area contributed by atoms with E-state index in [4.69, 9.17) is 5.11 Å². The summed E-state index contributed by atoms with van der Waals surface area (Å²) in [6, 6.07) is 0. The molecule has 0 atom stereocenters. The maximum absolute atomic E-state index is 8.39. The Morgan fingerprint density at radius 1 is 1.25 bits per heavy atom. The van der Waals surface area contributed by atoms with Crippen LogP contribution < -0.4 is 0 Å². The predicted octanol–water partition coefficient (Wildman–Crippen LogP) is -1.77. The Kier molecular flexibility index (Phi) is 5.33. The predicted molar refractivity (Wildman–Crippen MR) is 41.3 cm³/mol. The molecule has 0 heterocycles. The zero-order valence-electron chi connectivity index (χ0n) is 5.31. The molecule has 0 fully saturated rings. The lowest BCUT2D eigenvalue weighted by atomic mass is 10.5. The molecule has 1 N–H and O–H groups in total. The van der Waals surface area contributed by atoms with Crippen molar-refractivity contribution in [3.8, 4) is 0 Å². The molecular weight excluding hydrogens is 101 g/mol. The maximum atomic E-state index is 8.39. The SMILES string of the molecule is C[N+](C)(C)CCO.[BH4-]. The lowest BCUT2D eigenvalue weighted by Gasteiger charge is -2.21. The minimum Gasteiger partial charge on any atom is -0.391 e. The molecule has 0 aromatic rings. The Labute approximate surface area is 53.3 Å². The summed E-state index contributed by atoms with van der Waals surface area (Å²) in [6.07, 6.45) is 0. The summed E-state index contributed by atoms with van der Waals surface area (Å²) in [5, 5.41) is 8.39. The first kappa shape index (κ1) is 10.9. The Morgan fingerprint density at radius 3 is 1.62 bits per heavy atom. The average Bonchev–Trinajstić information content (AvgIpc) is 1.30. The summed E-state index contributed by atoms with van der Waals surface area (Å²) in [5.41, 5.74) is 0. The number of hydrogen-bond acceptors (Lipinski definition) is 1. The van der Waals surface area contributed by atoms with Gasteiger partial charge in [0.1, 0.15) is 6.54 Å². The van der Waals surface area contributed by atoms with Crippen LogP contribution in [0, 0.1) is 0 Å². The fourth-order valence-electron chi connectivity index (χ4n) is 0.300. The van der Waals surface area contributed by atoms with E-state index >= 15 is 0 Å². The van der Waals surface area contributed by atoms with E-state index < -0.39 is 0 Å². The zero-order valence-corrected chi connectivity index (χ0v) is 5.31. The summed E-state index contributed by atoms with van der Waals surface area (Å²) in [7, 11) is 6.16. The van der Waals surface area contributed by atoms with Crippen molar-refractivity contribution >= 4 is 8.41 Å². The van der Waals surface area contributed by atoms with E-state index in [1.54, 1.807) is 0 Å². The number of likely N-dealkylation sites (N-methyl/N-ethyl adjacent to an activating group) is 1. The van der Waals surface area contributed by atoms with Crippen LogP contribution in [0.15, 0.2) is 0 Å². The van der Waals surface area contributed by atoms with Crippen LogP contribution in [0.25, 0.3) is 0 Å². The van der Waals surface area contributed by atoms with Crippen LogP contribution in [-0.4, -0.2) is 52.3 Å². The van der Waals surface area contributed by atoms with Crippen molar-refractivity contribution in [3.63, 3.8) is 0 Å². The molecular formula is C5H18BNO. The van der Waals surface area contributed by atoms with Gasteiger partial charge in [-0.3, -0.25) is 0 Å². The minimum atomic E-state index is 0. The summed E-state index contributed by atoms with van der Waals surface area (Å²) in [6.45, 7) is 1.11. The molecule has 0 unspecified atom stereocenters. The van der Waals surface area contributed by atoms with Crippen LogP contribution in [0.1, 0.15) is 0 Å². The number of hydrogen-bond donors (Lipinski definition) is 1. The topological polar surface area (TPSA) is 20.2 Å². The second kappa shape index (κ2) is 3.92. The molecule has 52 valence electrons. The van der Waals surface area contributed by atoms with Crippen molar-refractivity contribution in [1.82, 2.24) is 0 Å². The van der Waals surface area contributed by atoms with Crippen LogP contribution in [-0.2, 0) is 0 Å². The number of quaternary nitrogens is 1. The largest absolute Gasteiger partial charge is 0.391 e. The zero-order chi connectivity index (χ0) is 5.91. The summed E-state index contributed by atoms with van der Waals surface area (Å²) >= 11 is 0. The quantitative estimate of drug-likeness (QED) is 0.337. The molecule has 2 nitrogen and oxygen atoms in total. The van der Waals surface area contributed by atoms with E-state index in [0.717, 1.165) is 11.0 Å². The van der Waals surface area contributed by atoms with E-state index in [1.807, 2.05) is 0 Å². The fourth-order valence-corrected chi connectivity index (χ4v) is 0.300. The van der Waals surface area contributed by atoms with Crippen LogP contribution in [0.2, 0.25) is 0 Å². The lowest BCUT2D eigenvalue weighted by molar-refractivity contribution is -0.870. The molecule has 0 aromatic heterocycles. The molecule has 3 heteroatoms. The molecule has 8 heavy (non-hydrogen) atoms. The summed E-state index contributed by atoms with van der Waals surface area (Å²) in [5.74, 6) is 0. The van der Waals surface area contributed by atoms with E-state index in [1.165, 1.54) is 0 Å². The fraction of sp³-hybridized carbons (Fsp3) is 1.00. The smallest absolute Gasteiger partial charge is 0.101 e. The van der Waals surface area contributed by atoms with Gasteiger partial charge >= 0.3 is 0 Å². The van der Waals surface area contributed by atoms with E-state index in [2.05, 4.69) is 21.1 Å². The Hall–Kier alpha value is -0.0151. The van der Waals surface area contributed by atoms with E-state index in [0.29, 0.717) is 0 Å². The van der Waals surface area contributed by atoms with Gasteiger partial charge < -0.3 is 9.59 Å². The first-order valence-corrected chi connectivity index (χ1v) is 2.47. The van der Waals surface area contributed by atoms with Gasteiger partial charge in [0.25, 0.3) is 0 Å². The van der Waals surface area contributed by atoms with Crippen LogP contribution >= 0.6 is 0 Å². The third-order valence-electron chi connectivity index (χ3n) is 0.771. The molecule has 0 aliphatic heterocycles. The van der Waals surface area contributed by atoms with Gasteiger partial charge in [0.15, 0.2) is 0 Å². The molecule has 0 saturated heterocycles. The first-order valence-electron chi connectivity index (χ1n) is 2.47. The highest BCUT2D eigenvalue weighted by atomic mass is 16.3. The van der Waals surface area contributed by atoms with E-state index in [-0.39, 0.29) is 15.0 Å². The highest BCUT2D eigenvalue weighted by molar-refractivity contribution is 5.75. The lowest BCUT2D eigenvalue weighted by Crippen LogP contribution is -2.36. The van der Waals surface area contributed by atoms with Crippen molar-refractivity contribution in [2.45, 2.75) is 0 Å². The Bertz CT molecular complexity index is 50.9. The molecule has 0 aliphatic rings. The van der Waals surface area contributed by atoms with Gasteiger partial charge in [0.05, 0.1) is 27.7 Å². The summed E-state index contributed by atoms with van der Waals surface area (Å²) < 4.78 is 0.844. The second-order valence-electron chi connectivity index (χ2n) is 2.74. The molecule has 0 aliphatic carbocycles. The molecule has 0 rings (SSSR count). The Morgan fingerprint density at radius 2 is 1.62 bits per heavy atom. The highest BCUT2D eigenvalue weighted by Crippen LogP contribution is 1.84. The Balaban J connectivity index is 0. The number of rotatable bonds is 2. The number of aliphatic hydroxyl groups is 1. The minimum absolute atomic E-state index is 0. The normalized spacial score (nSPS) is 10.5. The standard InChI is InChI=1S/C5H14NO.BH4/c1-6(2,3)4-5-7;/h7H,4-5H2,1-3H3;1H4/q+1;-1. The molecule has 0 saturated carbocycles. The number of nitrogens with zero attached hydrogens (tertiary/aromatic N) is 1. The van der Waals surface area contributed by atoms with Crippen molar-refractivity contribution in [2.75, 3.05) is 34.3 Å². The van der Waals surface area contributed by atoms with Crippen molar-refractivity contribution in [1.29, 1.82) is 0 Å². The third kappa shape index (κ3) is 9.37. The van der Waals surface area contributed by atoms with Crippen molar-refractivity contribution < 1.29 is 9.59 Å². The monoisotopic (exact) mass is 119 g/mol. The van der Waals surface area contributed by atoms with Crippen LogP contribution in [0.5, 0.6) is 0 Å². The third-order valence-corrected chi connectivity index (χ3v) is 0.771. The highest BCUT2D eigenvalue weighted by Gasteiger charge is 2.02. The molecule has 0 radical (unpaired) electrons.